The molecule has 0 radical (unpaired) electrons. The number of aromatic nitrogens is 2. The van der Waals surface area contributed by atoms with Crippen LogP contribution in [-0.2, 0) is 5.54 Å². The molecule has 0 spiro atoms. The first-order valence-electron chi connectivity index (χ1n) is 6.57. The highest BCUT2D eigenvalue weighted by Crippen LogP contribution is 2.36. The molecule has 1 saturated carbocycles. The predicted molar refractivity (Wildman–Crippen MR) is 70.7 cm³/mol. The van der Waals surface area contributed by atoms with Crippen molar-refractivity contribution in [3.05, 3.63) is 40.0 Å². The summed E-state index contributed by atoms with van der Waals surface area (Å²) >= 11 is 0. The Bertz CT molecular complexity index is 694. The normalized spacial score (nSPS) is 17.0. The second-order valence-corrected chi connectivity index (χ2v) is 5.20. The number of rotatable bonds is 3. The molecule has 0 aliphatic heterocycles. The van der Waals surface area contributed by atoms with E-state index in [4.69, 9.17) is 10.3 Å². The van der Waals surface area contributed by atoms with Gasteiger partial charge < -0.3 is 10.3 Å². The minimum absolute atomic E-state index is 0.0413. The van der Waals surface area contributed by atoms with Crippen LogP contribution in [0.1, 0.15) is 31.5 Å². The fourth-order valence-corrected chi connectivity index (χ4v) is 2.60. The molecular weight excluding hydrogens is 279 g/mol. The van der Waals surface area contributed by atoms with Gasteiger partial charge in [0.2, 0.25) is 0 Å². The summed E-state index contributed by atoms with van der Waals surface area (Å²) in [6, 6.07) is 3.09. The molecular formula is C13H13FN4O3. The van der Waals surface area contributed by atoms with Crippen molar-refractivity contribution in [3.63, 3.8) is 0 Å². The van der Waals surface area contributed by atoms with Gasteiger partial charge in [-0.3, -0.25) is 10.1 Å². The van der Waals surface area contributed by atoms with Gasteiger partial charge in [0.05, 0.1) is 10.5 Å². The Labute approximate surface area is 119 Å². The van der Waals surface area contributed by atoms with Gasteiger partial charge in [-0.15, -0.1) is 0 Å². The molecule has 1 aromatic carbocycles. The summed E-state index contributed by atoms with van der Waals surface area (Å²) in [7, 11) is 0. The summed E-state index contributed by atoms with van der Waals surface area (Å²) in [5.74, 6) is -0.389. The van der Waals surface area contributed by atoms with Gasteiger partial charge in [-0.05, 0) is 25.0 Å². The fourth-order valence-electron chi connectivity index (χ4n) is 2.60. The van der Waals surface area contributed by atoms with Gasteiger partial charge in [0, 0.05) is 6.07 Å². The molecule has 21 heavy (non-hydrogen) atoms. The van der Waals surface area contributed by atoms with Crippen molar-refractivity contribution in [2.75, 3.05) is 0 Å². The lowest BCUT2D eigenvalue weighted by Gasteiger charge is -2.17. The van der Waals surface area contributed by atoms with E-state index in [1.54, 1.807) is 0 Å². The van der Waals surface area contributed by atoms with Crippen LogP contribution in [0.5, 0.6) is 0 Å². The van der Waals surface area contributed by atoms with Crippen molar-refractivity contribution < 1.29 is 13.8 Å². The zero-order chi connectivity index (χ0) is 15.0. The summed E-state index contributed by atoms with van der Waals surface area (Å²) in [5, 5.41) is 14.8. The lowest BCUT2D eigenvalue weighted by atomic mass is 9.98. The van der Waals surface area contributed by atoms with Gasteiger partial charge in [-0.2, -0.15) is 4.98 Å². The highest BCUT2D eigenvalue weighted by Gasteiger charge is 2.36. The van der Waals surface area contributed by atoms with E-state index in [1.165, 1.54) is 0 Å². The largest absolute Gasteiger partial charge is 0.334 e. The lowest BCUT2D eigenvalue weighted by molar-refractivity contribution is -0.384. The average Bonchev–Trinajstić information content (AvgIpc) is 3.07. The second kappa shape index (κ2) is 4.88. The van der Waals surface area contributed by atoms with Crippen LogP contribution in [0, 0.1) is 15.9 Å². The van der Waals surface area contributed by atoms with Crippen molar-refractivity contribution in [1.29, 1.82) is 0 Å². The molecule has 1 aromatic heterocycles. The zero-order valence-corrected chi connectivity index (χ0v) is 11.1. The molecule has 1 fully saturated rings. The number of hydrogen-bond donors (Lipinski definition) is 1. The van der Waals surface area contributed by atoms with Crippen molar-refractivity contribution in [2.24, 2.45) is 5.73 Å². The van der Waals surface area contributed by atoms with Gasteiger partial charge in [0.15, 0.2) is 5.82 Å². The quantitative estimate of drug-likeness (QED) is 0.687. The first kappa shape index (κ1) is 13.6. The Morgan fingerprint density at radius 1 is 1.38 bits per heavy atom. The SMILES string of the molecule is NC1(c2noc(-c3cc(F)ccc3[N+](=O)[O-])n2)CCCC1. The first-order chi connectivity index (χ1) is 9.99. The fraction of sp³-hybridized carbons (Fsp3) is 0.385. The van der Waals surface area contributed by atoms with Crippen LogP contribution in [0.4, 0.5) is 10.1 Å². The molecule has 110 valence electrons. The second-order valence-electron chi connectivity index (χ2n) is 5.20. The zero-order valence-electron chi connectivity index (χ0n) is 11.1. The van der Waals surface area contributed by atoms with Gasteiger partial charge in [-0.1, -0.05) is 18.0 Å². The highest BCUT2D eigenvalue weighted by atomic mass is 19.1. The number of benzene rings is 1. The Kier molecular flexibility index (Phi) is 3.17. The smallest absolute Gasteiger partial charge is 0.282 e. The van der Waals surface area contributed by atoms with Gasteiger partial charge in [-0.25, -0.2) is 4.39 Å². The van der Waals surface area contributed by atoms with Crippen LogP contribution in [-0.4, -0.2) is 15.1 Å². The monoisotopic (exact) mass is 292 g/mol. The maximum absolute atomic E-state index is 13.3. The van der Waals surface area contributed by atoms with Crippen LogP contribution in [0.25, 0.3) is 11.5 Å². The minimum atomic E-state index is -0.663. The molecule has 0 amide bonds. The number of nitrogens with two attached hydrogens (primary N) is 1. The van der Waals surface area contributed by atoms with Crippen molar-refractivity contribution in [3.8, 4) is 11.5 Å². The standard InChI is InChI=1S/C13H13FN4O3/c14-8-3-4-10(18(19)20)9(7-8)11-16-12(17-21-11)13(15)5-1-2-6-13/h3-4,7H,1-2,5-6,15H2. The predicted octanol–water partition coefficient (Wildman–Crippen LogP) is 2.51. The first-order valence-corrected chi connectivity index (χ1v) is 6.57. The molecule has 2 N–H and O–H groups in total. The number of halogens is 1. The third kappa shape index (κ3) is 2.38. The summed E-state index contributed by atoms with van der Waals surface area (Å²) in [5.41, 5.74) is 5.21. The lowest BCUT2D eigenvalue weighted by Crippen LogP contribution is -2.34. The van der Waals surface area contributed by atoms with E-state index in [2.05, 4.69) is 10.1 Å². The Balaban J connectivity index is 2.04. The Hall–Kier alpha value is -2.35. The third-order valence-corrected chi connectivity index (χ3v) is 3.75. The van der Waals surface area contributed by atoms with E-state index in [-0.39, 0.29) is 17.1 Å². The highest BCUT2D eigenvalue weighted by molar-refractivity contribution is 5.66. The third-order valence-electron chi connectivity index (χ3n) is 3.75. The van der Waals surface area contributed by atoms with E-state index in [9.17, 15) is 14.5 Å². The molecule has 8 heteroatoms. The minimum Gasteiger partial charge on any atom is -0.334 e. The van der Waals surface area contributed by atoms with E-state index in [1.807, 2.05) is 0 Å². The Morgan fingerprint density at radius 3 is 2.76 bits per heavy atom. The Morgan fingerprint density at radius 2 is 2.10 bits per heavy atom. The maximum Gasteiger partial charge on any atom is 0.282 e. The topological polar surface area (TPSA) is 108 Å². The van der Waals surface area contributed by atoms with Crippen molar-refractivity contribution >= 4 is 5.69 Å². The summed E-state index contributed by atoms with van der Waals surface area (Å²) in [6.07, 6.45) is 3.41. The molecule has 0 unspecified atom stereocenters. The maximum atomic E-state index is 13.3. The summed E-state index contributed by atoms with van der Waals surface area (Å²) < 4.78 is 18.4. The van der Waals surface area contributed by atoms with E-state index < -0.39 is 16.3 Å². The molecule has 0 saturated heterocycles. The summed E-state index contributed by atoms with van der Waals surface area (Å²) in [4.78, 5) is 14.5. The summed E-state index contributed by atoms with van der Waals surface area (Å²) in [6.45, 7) is 0. The van der Waals surface area contributed by atoms with E-state index >= 15 is 0 Å². The number of nitrogens with zero attached hydrogens (tertiary/aromatic N) is 3. The van der Waals surface area contributed by atoms with Crippen LogP contribution < -0.4 is 5.73 Å². The number of nitro benzene ring substituents is 1. The average molecular weight is 292 g/mol. The number of hydrogen-bond acceptors (Lipinski definition) is 6. The molecule has 1 aliphatic carbocycles. The van der Waals surface area contributed by atoms with E-state index in [0.717, 1.165) is 43.9 Å². The van der Waals surface area contributed by atoms with Gasteiger partial charge in [0.1, 0.15) is 11.4 Å². The van der Waals surface area contributed by atoms with Crippen LogP contribution in [0.3, 0.4) is 0 Å². The van der Waals surface area contributed by atoms with Gasteiger partial charge in [0.25, 0.3) is 11.6 Å². The van der Waals surface area contributed by atoms with E-state index in [0.29, 0.717) is 5.82 Å². The van der Waals surface area contributed by atoms with Crippen LogP contribution in [0.15, 0.2) is 22.7 Å². The van der Waals surface area contributed by atoms with Gasteiger partial charge >= 0.3 is 0 Å². The molecule has 1 heterocycles. The van der Waals surface area contributed by atoms with Crippen molar-refractivity contribution in [1.82, 2.24) is 10.1 Å². The molecule has 7 nitrogen and oxygen atoms in total. The van der Waals surface area contributed by atoms with Crippen LogP contribution >= 0.6 is 0 Å². The molecule has 1 aliphatic rings. The molecule has 0 atom stereocenters. The molecule has 0 bridgehead atoms. The number of nitro groups is 1. The molecule has 3 rings (SSSR count). The van der Waals surface area contributed by atoms with Crippen molar-refractivity contribution in [2.45, 2.75) is 31.2 Å². The molecule has 2 aromatic rings. The van der Waals surface area contributed by atoms with Crippen LogP contribution in [0.2, 0.25) is 0 Å².